The van der Waals surface area contributed by atoms with Crippen LogP contribution in [0.5, 0.6) is 11.5 Å². The fourth-order valence-electron chi connectivity index (χ4n) is 7.12. The molecule has 6 rings (SSSR count). The van der Waals surface area contributed by atoms with Gasteiger partial charge in [0.2, 0.25) is 6.29 Å². The van der Waals surface area contributed by atoms with E-state index in [1.54, 1.807) is 25.9 Å². The number of methoxy groups -OCH3 is 2. The van der Waals surface area contributed by atoms with E-state index in [0.29, 0.717) is 5.56 Å². The quantitative estimate of drug-likeness (QED) is 0.321. The van der Waals surface area contributed by atoms with Gasteiger partial charge in [-0.2, -0.15) is 0 Å². The van der Waals surface area contributed by atoms with Crippen LogP contribution in [0.4, 0.5) is 0 Å². The van der Waals surface area contributed by atoms with Gasteiger partial charge in [0.15, 0.2) is 11.6 Å². The Kier molecular flexibility index (Phi) is 6.36. The predicted octanol–water partition coefficient (Wildman–Crippen LogP) is 0.882. The molecule has 12 heteroatoms. The summed E-state index contributed by atoms with van der Waals surface area (Å²) in [6, 6.07) is 3.29. The summed E-state index contributed by atoms with van der Waals surface area (Å²) in [4.78, 5) is 42.7. The molecule has 0 amide bonds. The first-order chi connectivity index (χ1) is 19.7. The number of aromatic hydroxyl groups is 1. The molecule has 1 fully saturated rings. The zero-order chi connectivity index (χ0) is 30.6. The fourth-order valence-corrected chi connectivity index (χ4v) is 7.12. The van der Waals surface area contributed by atoms with Gasteiger partial charge in [0.1, 0.15) is 35.2 Å². The predicted molar refractivity (Wildman–Crippen MR) is 144 cm³/mol. The van der Waals surface area contributed by atoms with Gasteiger partial charge in [-0.3, -0.25) is 14.4 Å². The van der Waals surface area contributed by atoms with Gasteiger partial charge in [0.25, 0.3) is 0 Å². The highest BCUT2D eigenvalue weighted by Crippen LogP contribution is 2.54. The largest absolute Gasteiger partial charge is 0.507 e. The Morgan fingerprint density at radius 2 is 1.64 bits per heavy atom. The van der Waals surface area contributed by atoms with Gasteiger partial charge in [-0.05, 0) is 57.3 Å². The van der Waals surface area contributed by atoms with Crippen molar-refractivity contribution in [1.29, 1.82) is 0 Å². The zero-order valence-corrected chi connectivity index (χ0v) is 24.0. The molecule has 0 saturated carbocycles. The number of benzene rings is 2. The Balaban J connectivity index is 1.57. The highest BCUT2D eigenvalue weighted by molar-refractivity contribution is 6.30. The first kappa shape index (κ1) is 28.7. The maximum atomic E-state index is 14.3. The first-order valence-corrected chi connectivity index (χ1v) is 13.6. The van der Waals surface area contributed by atoms with Crippen molar-refractivity contribution in [2.45, 2.75) is 68.0 Å². The molecule has 8 atom stereocenters. The minimum Gasteiger partial charge on any atom is -0.507 e. The Hall–Kier alpha value is -3.39. The van der Waals surface area contributed by atoms with Gasteiger partial charge in [0, 0.05) is 30.2 Å². The number of nitrogens with zero attached hydrogens (tertiary/aromatic N) is 1. The second-order valence-electron chi connectivity index (χ2n) is 12.0. The van der Waals surface area contributed by atoms with Crippen molar-refractivity contribution in [3.8, 4) is 11.5 Å². The monoisotopic (exact) mass is 583 g/mol. The van der Waals surface area contributed by atoms with E-state index in [0.717, 1.165) is 0 Å². The lowest BCUT2D eigenvalue weighted by molar-refractivity contribution is -0.311. The summed E-state index contributed by atoms with van der Waals surface area (Å²) < 4.78 is 22.5. The average molecular weight is 584 g/mol. The number of ether oxygens (including phenoxy) is 4. The molecule has 2 aromatic carbocycles. The summed E-state index contributed by atoms with van der Waals surface area (Å²) in [5, 5.41) is 44.7. The number of fused-ring (bicyclic) bond motifs is 8. The van der Waals surface area contributed by atoms with Crippen LogP contribution < -0.4 is 4.74 Å². The van der Waals surface area contributed by atoms with Crippen molar-refractivity contribution >= 4 is 17.5 Å². The molecule has 2 aromatic rings. The number of aliphatic hydroxyl groups excluding tert-OH is 2. The molecule has 224 valence electrons. The minimum absolute atomic E-state index is 0.0140. The molecule has 1 saturated heterocycles. The standard InChI is InChI=1S/C30H33NO11/c1-29(38)10-17(39-5)11-7-13-14(8-12(11)20(29)27(37)40-6)23(34)19-18(22(13)33)16(32)9-15-25(19)41-28-24(35)21(31(3)4)26(36)30(15,2)42-28/h7-9,17,20-21,24,26,28,32,35-36,38H,10H2,1-6H3/t17-,20-,21?,24?,26?,28?,29-,30?/m0/s1. The zero-order valence-electron chi connectivity index (χ0n) is 24.0. The van der Waals surface area contributed by atoms with Gasteiger partial charge in [-0.25, -0.2) is 0 Å². The fraction of sp³-hybridized carbons (Fsp3) is 0.500. The normalized spacial score (nSPS) is 34.6. The van der Waals surface area contributed by atoms with Crippen LogP contribution in [0.1, 0.15) is 80.8 Å². The van der Waals surface area contributed by atoms with E-state index in [9.17, 15) is 34.8 Å². The van der Waals surface area contributed by atoms with Crippen LogP contribution in [-0.4, -0.2) is 101 Å². The number of phenolic OH excluding ortho intramolecular Hbond substituents is 1. The lowest BCUT2D eigenvalue weighted by Gasteiger charge is -2.53. The number of rotatable bonds is 3. The second-order valence-corrected chi connectivity index (χ2v) is 12.0. The van der Waals surface area contributed by atoms with Crippen molar-refractivity contribution in [3.63, 3.8) is 0 Å². The number of carbonyl (C=O) groups is 3. The van der Waals surface area contributed by atoms with Gasteiger partial charge in [0.05, 0.1) is 36.0 Å². The van der Waals surface area contributed by atoms with Crippen LogP contribution in [0, 0.1) is 0 Å². The Morgan fingerprint density at radius 1 is 1.02 bits per heavy atom. The van der Waals surface area contributed by atoms with Crippen molar-refractivity contribution in [2.24, 2.45) is 0 Å². The summed E-state index contributed by atoms with van der Waals surface area (Å²) in [6.45, 7) is 3.04. The number of carbonyl (C=O) groups excluding carboxylic acids is 3. The summed E-state index contributed by atoms with van der Waals surface area (Å²) in [5.41, 5.74) is -2.87. The summed E-state index contributed by atoms with van der Waals surface area (Å²) >= 11 is 0. The van der Waals surface area contributed by atoms with Gasteiger partial charge in [-0.15, -0.1) is 0 Å². The number of hydrogen-bond acceptors (Lipinski definition) is 12. The summed E-state index contributed by atoms with van der Waals surface area (Å²) in [7, 11) is 5.99. The van der Waals surface area contributed by atoms with Crippen LogP contribution in [0.25, 0.3) is 0 Å². The van der Waals surface area contributed by atoms with Gasteiger partial charge in [-0.1, -0.05) is 0 Å². The lowest BCUT2D eigenvalue weighted by atomic mass is 9.68. The van der Waals surface area contributed by atoms with Crippen LogP contribution in [0.3, 0.4) is 0 Å². The van der Waals surface area contributed by atoms with E-state index < -0.39 is 71.0 Å². The molecule has 5 unspecified atom stereocenters. The highest BCUT2D eigenvalue weighted by atomic mass is 16.7. The molecule has 0 radical (unpaired) electrons. The first-order valence-electron chi connectivity index (χ1n) is 13.6. The molecular weight excluding hydrogens is 550 g/mol. The highest BCUT2D eigenvalue weighted by Gasteiger charge is 2.59. The van der Waals surface area contributed by atoms with E-state index >= 15 is 0 Å². The summed E-state index contributed by atoms with van der Waals surface area (Å²) in [6.07, 6.45) is -4.58. The van der Waals surface area contributed by atoms with E-state index in [2.05, 4.69) is 0 Å². The molecule has 0 aromatic heterocycles. The maximum Gasteiger partial charge on any atom is 0.316 e. The Morgan fingerprint density at radius 3 is 2.24 bits per heavy atom. The van der Waals surface area contributed by atoms with Crippen LogP contribution in [0.2, 0.25) is 0 Å². The van der Waals surface area contributed by atoms with E-state index in [4.69, 9.17) is 18.9 Å². The molecule has 12 nitrogen and oxygen atoms in total. The molecule has 2 bridgehead atoms. The number of phenols is 1. The Bertz CT molecular complexity index is 1550. The molecule has 4 aliphatic rings. The second kappa shape index (κ2) is 9.30. The number of esters is 1. The third kappa shape index (κ3) is 3.66. The maximum absolute atomic E-state index is 14.3. The molecule has 2 aliphatic heterocycles. The molecule has 0 spiro atoms. The van der Waals surface area contributed by atoms with E-state index in [-0.39, 0.29) is 45.6 Å². The van der Waals surface area contributed by atoms with Crippen molar-refractivity contribution in [3.05, 3.63) is 57.1 Å². The Labute approximate surface area is 241 Å². The molecular formula is C30H33NO11. The van der Waals surface area contributed by atoms with Crippen LogP contribution in [0.15, 0.2) is 18.2 Å². The third-order valence-corrected chi connectivity index (χ3v) is 9.27. The van der Waals surface area contributed by atoms with Crippen LogP contribution >= 0.6 is 0 Å². The van der Waals surface area contributed by atoms with Gasteiger partial charge < -0.3 is 44.3 Å². The van der Waals surface area contributed by atoms with Gasteiger partial charge >= 0.3 is 5.97 Å². The van der Waals surface area contributed by atoms with Crippen molar-refractivity contribution in [2.75, 3.05) is 28.3 Å². The van der Waals surface area contributed by atoms with Crippen LogP contribution in [-0.2, 0) is 24.6 Å². The number of ketones is 2. The third-order valence-electron chi connectivity index (χ3n) is 9.27. The molecule has 4 N–H and O–H groups in total. The average Bonchev–Trinajstić information content (AvgIpc) is 2.93. The summed E-state index contributed by atoms with van der Waals surface area (Å²) in [5.74, 6) is -3.84. The number of aliphatic hydroxyl groups is 3. The number of hydrogen-bond donors (Lipinski definition) is 4. The topological polar surface area (TPSA) is 172 Å². The van der Waals surface area contributed by atoms with Crippen molar-refractivity contribution in [1.82, 2.24) is 4.90 Å². The minimum atomic E-state index is -1.59. The molecule has 2 heterocycles. The lowest BCUT2D eigenvalue weighted by Crippen LogP contribution is -2.68. The molecule has 2 aliphatic carbocycles. The molecule has 42 heavy (non-hydrogen) atoms. The van der Waals surface area contributed by atoms with Crippen molar-refractivity contribution < 1.29 is 53.8 Å². The van der Waals surface area contributed by atoms with E-state index in [1.165, 1.54) is 39.3 Å². The number of likely N-dealkylation sites (N-methyl/N-ethyl adjacent to an activating group) is 1. The smallest absolute Gasteiger partial charge is 0.316 e. The van der Waals surface area contributed by atoms with E-state index in [1.807, 2.05) is 0 Å². The SMILES string of the molecule is COC(=O)[C@@H]1c2cc3c(cc2[C@@H](OC)C[C@]1(C)O)C(=O)c1c(O)cc2c(c1C3=O)OC1OC2(C)C(O)C(N(C)C)C1O.